The SMILES string of the molecule is O=C(O)/C=C/Sc1ccncn1. The lowest BCUT2D eigenvalue weighted by molar-refractivity contribution is -0.131. The van der Waals surface area contributed by atoms with Crippen LogP contribution >= 0.6 is 11.8 Å². The number of rotatable bonds is 3. The third-order valence-corrected chi connectivity index (χ3v) is 1.71. The molecule has 0 spiro atoms. The predicted molar refractivity (Wildman–Crippen MR) is 44.7 cm³/mol. The first kappa shape index (κ1) is 8.73. The summed E-state index contributed by atoms with van der Waals surface area (Å²) < 4.78 is 0. The van der Waals surface area contributed by atoms with Crippen molar-refractivity contribution in [1.29, 1.82) is 0 Å². The fraction of sp³-hybridized carbons (Fsp3) is 0. The number of carboxylic acid groups (broad SMARTS) is 1. The monoisotopic (exact) mass is 182 g/mol. The highest BCUT2D eigenvalue weighted by molar-refractivity contribution is 8.02. The Morgan fingerprint density at radius 2 is 2.50 bits per heavy atom. The molecule has 12 heavy (non-hydrogen) atoms. The second-order valence-electron chi connectivity index (χ2n) is 1.81. The average Bonchev–Trinajstić information content (AvgIpc) is 2.05. The minimum Gasteiger partial charge on any atom is -0.478 e. The van der Waals surface area contributed by atoms with Crippen molar-refractivity contribution in [3.8, 4) is 0 Å². The Morgan fingerprint density at radius 3 is 3.08 bits per heavy atom. The van der Waals surface area contributed by atoms with Gasteiger partial charge in [-0.15, -0.1) is 0 Å². The molecule has 0 bridgehead atoms. The Labute approximate surface area is 73.4 Å². The number of carbonyl (C=O) groups is 1. The lowest BCUT2D eigenvalue weighted by Gasteiger charge is -1.90. The molecule has 0 aliphatic heterocycles. The largest absolute Gasteiger partial charge is 0.478 e. The molecule has 62 valence electrons. The maximum Gasteiger partial charge on any atom is 0.328 e. The van der Waals surface area contributed by atoms with Gasteiger partial charge in [0, 0.05) is 12.3 Å². The number of aliphatic carboxylic acids is 1. The number of carboxylic acids is 1. The lowest BCUT2D eigenvalue weighted by Crippen LogP contribution is -1.84. The maximum absolute atomic E-state index is 10.1. The number of thioether (sulfide) groups is 1. The van der Waals surface area contributed by atoms with Crippen LogP contribution < -0.4 is 0 Å². The van der Waals surface area contributed by atoms with Crippen molar-refractivity contribution in [3.63, 3.8) is 0 Å². The summed E-state index contributed by atoms with van der Waals surface area (Å²) in [5, 5.41) is 10.4. The quantitative estimate of drug-likeness (QED) is 0.432. The number of hydrogen-bond acceptors (Lipinski definition) is 4. The summed E-state index contributed by atoms with van der Waals surface area (Å²) in [6, 6.07) is 1.71. The van der Waals surface area contributed by atoms with Gasteiger partial charge in [-0.3, -0.25) is 0 Å². The molecule has 0 aliphatic carbocycles. The molecular formula is C7H6N2O2S. The van der Waals surface area contributed by atoms with E-state index < -0.39 is 5.97 Å². The maximum atomic E-state index is 10.1. The second kappa shape index (κ2) is 4.50. The Balaban J connectivity index is 2.49. The first-order valence-corrected chi connectivity index (χ1v) is 3.99. The first-order chi connectivity index (χ1) is 5.79. The van der Waals surface area contributed by atoms with E-state index in [4.69, 9.17) is 5.11 Å². The van der Waals surface area contributed by atoms with Crippen molar-refractivity contribution in [2.75, 3.05) is 0 Å². The summed E-state index contributed by atoms with van der Waals surface area (Å²) in [5.74, 6) is -0.962. The Kier molecular flexibility index (Phi) is 3.28. The Hall–Kier alpha value is -1.36. The Bertz CT molecular complexity index is 287. The molecule has 0 atom stereocenters. The molecule has 5 heteroatoms. The molecule has 0 saturated carbocycles. The molecule has 1 heterocycles. The molecule has 0 radical (unpaired) electrons. The zero-order valence-corrected chi connectivity index (χ0v) is 6.86. The van der Waals surface area contributed by atoms with Gasteiger partial charge < -0.3 is 5.11 Å². The smallest absolute Gasteiger partial charge is 0.328 e. The molecule has 1 rings (SSSR count). The van der Waals surface area contributed by atoms with Gasteiger partial charge in [-0.05, 0) is 11.5 Å². The van der Waals surface area contributed by atoms with Gasteiger partial charge in [0.25, 0.3) is 0 Å². The van der Waals surface area contributed by atoms with E-state index in [1.165, 1.54) is 23.5 Å². The zero-order chi connectivity index (χ0) is 8.81. The summed E-state index contributed by atoms with van der Waals surface area (Å²) in [6.07, 6.45) is 4.08. The molecule has 1 aromatic heterocycles. The van der Waals surface area contributed by atoms with Gasteiger partial charge in [0.15, 0.2) is 0 Å². The van der Waals surface area contributed by atoms with Crippen LogP contribution in [0.3, 0.4) is 0 Å². The van der Waals surface area contributed by atoms with Crippen molar-refractivity contribution in [1.82, 2.24) is 9.97 Å². The summed E-state index contributed by atoms with van der Waals surface area (Å²) in [5.41, 5.74) is 0. The summed E-state index contributed by atoms with van der Waals surface area (Å²) in [4.78, 5) is 17.7. The van der Waals surface area contributed by atoms with Crippen LogP contribution in [0.5, 0.6) is 0 Å². The molecule has 0 amide bonds. The van der Waals surface area contributed by atoms with Crippen molar-refractivity contribution in [2.45, 2.75) is 5.03 Å². The Morgan fingerprint density at radius 1 is 1.67 bits per heavy atom. The number of aromatic nitrogens is 2. The summed E-state index contributed by atoms with van der Waals surface area (Å²) in [6.45, 7) is 0. The number of hydrogen-bond donors (Lipinski definition) is 1. The van der Waals surface area contributed by atoms with E-state index in [1.807, 2.05) is 0 Å². The highest BCUT2D eigenvalue weighted by Crippen LogP contribution is 2.13. The van der Waals surface area contributed by atoms with Crippen LogP contribution in [0.25, 0.3) is 0 Å². The van der Waals surface area contributed by atoms with Gasteiger partial charge in [-0.1, -0.05) is 11.8 Å². The fourth-order valence-corrected chi connectivity index (χ4v) is 1.08. The van der Waals surface area contributed by atoms with Gasteiger partial charge in [0.05, 0.1) is 0 Å². The normalized spacial score (nSPS) is 10.3. The molecule has 1 N–H and O–H groups in total. The summed E-state index contributed by atoms with van der Waals surface area (Å²) in [7, 11) is 0. The highest BCUT2D eigenvalue weighted by atomic mass is 32.2. The molecular weight excluding hydrogens is 176 g/mol. The fourth-order valence-electron chi connectivity index (χ4n) is 0.510. The van der Waals surface area contributed by atoms with Crippen molar-refractivity contribution in [2.24, 2.45) is 0 Å². The van der Waals surface area contributed by atoms with E-state index in [2.05, 4.69) is 9.97 Å². The minimum absolute atomic E-state index is 0.725. The van der Waals surface area contributed by atoms with Gasteiger partial charge >= 0.3 is 5.97 Å². The predicted octanol–water partition coefficient (Wildman–Crippen LogP) is 1.17. The van der Waals surface area contributed by atoms with Crippen LogP contribution in [0.1, 0.15) is 0 Å². The van der Waals surface area contributed by atoms with Crippen molar-refractivity contribution < 1.29 is 9.90 Å². The molecule has 0 fully saturated rings. The van der Waals surface area contributed by atoms with E-state index in [9.17, 15) is 4.79 Å². The van der Waals surface area contributed by atoms with Gasteiger partial charge in [-0.2, -0.15) is 0 Å². The van der Waals surface area contributed by atoms with Crippen LogP contribution in [0, 0.1) is 0 Å². The minimum atomic E-state index is -0.962. The molecule has 4 nitrogen and oxygen atoms in total. The third-order valence-electron chi connectivity index (χ3n) is 0.954. The summed E-state index contributed by atoms with van der Waals surface area (Å²) >= 11 is 1.24. The van der Waals surface area contributed by atoms with E-state index in [0.717, 1.165) is 11.1 Å². The van der Waals surface area contributed by atoms with Gasteiger partial charge in [0.1, 0.15) is 11.4 Å². The van der Waals surface area contributed by atoms with E-state index in [1.54, 1.807) is 12.3 Å². The molecule has 0 aromatic carbocycles. The van der Waals surface area contributed by atoms with Gasteiger partial charge in [-0.25, -0.2) is 14.8 Å². The standard InChI is InChI=1S/C7H6N2O2S/c10-7(11)2-4-12-6-1-3-8-5-9-6/h1-5H,(H,10,11)/b4-2+. The molecule has 0 unspecified atom stereocenters. The molecule has 1 aromatic rings. The highest BCUT2D eigenvalue weighted by Gasteiger charge is 1.90. The van der Waals surface area contributed by atoms with Crippen LogP contribution in [0.2, 0.25) is 0 Å². The van der Waals surface area contributed by atoms with E-state index in [-0.39, 0.29) is 0 Å². The van der Waals surface area contributed by atoms with Crippen LogP contribution in [0.15, 0.2) is 35.1 Å². The van der Waals surface area contributed by atoms with Crippen molar-refractivity contribution in [3.05, 3.63) is 30.1 Å². The molecule has 0 aliphatic rings. The second-order valence-corrected chi connectivity index (χ2v) is 2.73. The van der Waals surface area contributed by atoms with E-state index >= 15 is 0 Å². The number of nitrogens with zero attached hydrogens (tertiary/aromatic N) is 2. The first-order valence-electron chi connectivity index (χ1n) is 3.11. The third kappa shape index (κ3) is 3.16. The average molecular weight is 182 g/mol. The zero-order valence-electron chi connectivity index (χ0n) is 6.04. The van der Waals surface area contributed by atoms with Crippen LogP contribution in [0.4, 0.5) is 0 Å². The van der Waals surface area contributed by atoms with Crippen LogP contribution in [-0.4, -0.2) is 21.0 Å². The molecule has 0 saturated heterocycles. The van der Waals surface area contributed by atoms with Crippen molar-refractivity contribution >= 4 is 17.7 Å². The van der Waals surface area contributed by atoms with Crippen LogP contribution in [-0.2, 0) is 4.79 Å². The lowest BCUT2D eigenvalue weighted by atomic mass is 10.7. The van der Waals surface area contributed by atoms with Gasteiger partial charge in [0.2, 0.25) is 0 Å². The van der Waals surface area contributed by atoms with E-state index in [0.29, 0.717) is 0 Å². The topological polar surface area (TPSA) is 63.1 Å².